The number of carbonyl (C=O) groups is 1. The summed E-state index contributed by atoms with van der Waals surface area (Å²) in [4.78, 5) is 14.2. The largest absolute Gasteiger partial charge is 0.381 e. The molecule has 1 aliphatic heterocycles. The van der Waals surface area contributed by atoms with Crippen molar-refractivity contribution < 1.29 is 9.53 Å². The van der Waals surface area contributed by atoms with Crippen molar-refractivity contribution in [1.82, 2.24) is 4.90 Å². The first-order chi connectivity index (χ1) is 7.79. The number of methoxy groups -OCH3 is 1. The summed E-state index contributed by atoms with van der Waals surface area (Å²) in [5, 5.41) is 0. The fraction of sp³-hybridized carbons (Fsp3) is 0.923. The van der Waals surface area contributed by atoms with Crippen LogP contribution in [0.4, 0.5) is 0 Å². The SMILES string of the molecule is COC1CCN(CC2CCCCC2=O)CC1. The number of piperidine rings is 1. The van der Waals surface area contributed by atoms with Crippen molar-refractivity contribution in [3.05, 3.63) is 0 Å². The predicted molar refractivity (Wildman–Crippen MR) is 63.4 cm³/mol. The van der Waals surface area contributed by atoms with E-state index in [1.165, 1.54) is 6.42 Å². The number of carbonyl (C=O) groups excluding carboxylic acids is 1. The first kappa shape index (κ1) is 12.1. The fourth-order valence-corrected chi connectivity index (χ4v) is 2.89. The van der Waals surface area contributed by atoms with Gasteiger partial charge in [-0.3, -0.25) is 4.79 Å². The number of Topliss-reactive ketones (excluding diaryl/α,β-unsaturated/α-hetero) is 1. The van der Waals surface area contributed by atoms with Crippen LogP contribution >= 0.6 is 0 Å². The molecule has 0 bridgehead atoms. The van der Waals surface area contributed by atoms with E-state index in [1.807, 2.05) is 0 Å². The van der Waals surface area contributed by atoms with Gasteiger partial charge >= 0.3 is 0 Å². The van der Waals surface area contributed by atoms with E-state index in [-0.39, 0.29) is 0 Å². The van der Waals surface area contributed by atoms with Crippen LogP contribution in [0, 0.1) is 5.92 Å². The van der Waals surface area contributed by atoms with Gasteiger partial charge in [0.05, 0.1) is 6.10 Å². The van der Waals surface area contributed by atoms with Gasteiger partial charge in [-0.25, -0.2) is 0 Å². The summed E-state index contributed by atoms with van der Waals surface area (Å²) >= 11 is 0. The quantitative estimate of drug-likeness (QED) is 0.734. The minimum Gasteiger partial charge on any atom is -0.381 e. The Kier molecular flexibility index (Phi) is 4.36. The first-order valence-electron chi connectivity index (χ1n) is 6.57. The van der Waals surface area contributed by atoms with Crippen LogP contribution in [0.25, 0.3) is 0 Å². The number of rotatable bonds is 3. The Labute approximate surface area is 98.1 Å². The molecule has 92 valence electrons. The summed E-state index contributed by atoms with van der Waals surface area (Å²) in [6.07, 6.45) is 6.97. The standard InChI is InChI=1S/C13H23NO2/c1-16-12-6-8-14(9-7-12)10-11-4-2-3-5-13(11)15/h11-12H,2-10H2,1H3. The zero-order valence-corrected chi connectivity index (χ0v) is 10.3. The lowest BCUT2D eigenvalue weighted by Crippen LogP contribution is -2.41. The Balaban J connectivity index is 1.75. The normalized spacial score (nSPS) is 29.6. The van der Waals surface area contributed by atoms with Crippen LogP contribution < -0.4 is 0 Å². The van der Waals surface area contributed by atoms with Crippen molar-refractivity contribution in [2.24, 2.45) is 5.92 Å². The van der Waals surface area contributed by atoms with Gasteiger partial charge in [0, 0.05) is 39.1 Å². The maximum absolute atomic E-state index is 11.7. The highest BCUT2D eigenvalue weighted by atomic mass is 16.5. The maximum atomic E-state index is 11.7. The van der Waals surface area contributed by atoms with Crippen LogP contribution in [0.15, 0.2) is 0 Å². The first-order valence-corrected chi connectivity index (χ1v) is 6.57. The van der Waals surface area contributed by atoms with E-state index in [4.69, 9.17) is 4.74 Å². The lowest BCUT2D eigenvalue weighted by Gasteiger charge is -2.34. The van der Waals surface area contributed by atoms with E-state index in [0.717, 1.165) is 51.7 Å². The maximum Gasteiger partial charge on any atom is 0.137 e. The van der Waals surface area contributed by atoms with E-state index < -0.39 is 0 Å². The topological polar surface area (TPSA) is 29.5 Å². The van der Waals surface area contributed by atoms with E-state index >= 15 is 0 Å². The molecule has 2 aliphatic rings. The van der Waals surface area contributed by atoms with Crippen LogP contribution in [-0.2, 0) is 9.53 Å². The highest BCUT2D eigenvalue weighted by Gasteiger charge is 2.26. The monoisotopic (exact) mass is 225 g/mol. The van der Waals surface area contributed by atoms with Gasteiger partial charge in [-0.2, -0.15) is 0 Å². The lowest BCUT2D eigenvalue weighted by molar-refractivity contribution is -0.125. The second-order valence-electron chi connectivity index (χ2n) is 5.14. The minimum atomic E-state index is 0.327. The molecule has 2 rings (SSSR count). The van der Waals surface area contributed by atoms with Crippen LogP contribution in [0.5, 0.6) is 0 Å². The molecule has 1 heterocycles. The van der Waals surface area contributed by atoms with Crippen LogP contribution in [0.3, 0.4) is 0 Å². The predicted octanol–water partition coefficient (Wildman–Crippen LogP) is 1.86. The number of hydrogen-bond donors (Lipinski definition) is 0. The molecule has 0 spiro atoms. The Bertz CT molecular complexity index is 234. The van der Waals surface area contributed by atoms with Crippen molar-refractivity contribution in [2.45, 2.75) is 44.6 Å². The highest BCUT2D eigenvalue weighted by molar-refractivity contribution is 5.81. The molecule has 1 atom stereocenters. The Morgan fingerprint density at radius 3 is 2.62 bits per heavy atom. The molecular formula is C13H23NO2. The van der Waals surface area contributed by atoms with E-state index in [9.17, 15) is 4.79 Å². The molecule has 16 heavy (non-hydrogen) atoms. The van der Waals surface area contributed by atoms with Gasteiger partial charge in [0.25, 0.3) is 0 Å². The van der Waals surface area contributed by atoms with Crippen molar-refractivity contribution in [2.75, 3.05) is 26.7 Å². The van der Waals surface area contributed by atoms with E-state index in [0.29, 0.717) is 17.8 Å². The van der Waals surface area contributed by atoms with Gasteiger partial charge < -0.3 is 9.64 Å². The molecule has 3 heteroatoms. The second-order valence-corrected chi connectivity index (χ2v) is 5.14. The van der Waals surface area contributed by atoms with Crippen molar-refractivity contribution in [3.8, 4) is 0 Å². The third kappa shape index (κ3) is 3.05. The molecule has 1 aliphatic carbocycles. The summed E-state index contributed by atoms with van der Waals surface area (Å²) in [7, 11) is 1.80. The van der Waals surface area contributed by atoms with Crippen molar-refractivity contribution >= 4 is 5.78 Å². The molecule has 0 radical (unpaired) electrons. The molecule has 0 aromatic heterocycles. The molecule has 0 aromatic rings. The number of likely N-dealkylation sites (tertiary alicyclic amines) is 1. The number of ether oxygens (including phenoxy) is 1. The van der Waals surface area contributed by atoms with Gasteiger partial charge in [-0.15, -0.1) is 0 Å². The van der Waals surface area contributed by atoms with Gasteiger partial charge in [-0.1, -0.05) is 6.42 Å². The van der Waals surface area contributed by atoms with Crippen LogP contribution in [0.1, 0.15) is 38.5 Å². The van der Waals surface area contributed by atoms with Crippen LogP contribution in [0.2, 0.25) is 0 Å². The van der Waals surface area contributed by atoms with Gasteiger partial charge in [0.1, 0.15) is 5.78 Å². The number of hydrogen-bond acceptors (Lipinski definition) is 3. The van der Waals surface area contributed by atoms with Crippen molar-refractivity contribution in [3.63, 3.8) is 0 Å². The Morgan fingerprint density at radius 1 is 1.25 bits per heavy atom. The van der Waals surface area contributed by atoms with E-state index in [1.54, 1.807) is 7.11 Å². The van der Waals surface area contributed by atoms with E-state index in [2.05, 4.69) is 4.90 Å². The molecule has 0 amide bonds. The summed E-state index contributed by atoms with van der Waals surface area (Å²) < 4.78 is 5.36. The third-order valence-electron chi connectivity index (χ3n) is 4.03. The summed E-state index contributed by atoms with van der Waals surface area (Å²) in [6.45, 7) is 3.19. The fourth-order valence-electron chi connectivity index (χ4n) is 2.89. The molecule has 1 saturated heterocycles. The minimum absolute atomic E-state index is 0.327. The van der Waals surface area contributed by atoms with Gasteiger partial charge in [-0.05, 0) is 25.7 Å². The third-order valence-corrected chi connectivity index (χ3v) is 4.03. The molecule has 2 fully saturated rings. The highest BCUT2D eigenvalue weighted by Crippen LogP contribution is 2.23. The zero-order chi connectivity index (χ0) is 11.4. The second kappa shape index (κ2) is 5.78. The zero-order valence-electron chi connectivity index (χ0n) is 10.3. The average Bonchev–Trinajstić information content (AvgIpc) is 2.33. The lowest BCUT2D eigenvalue weighted by atomic mass is 9.87. The summed E-state index contributed by atoms with van der Waals surface area (Å²) in [6, 6.07) is 0. The number of nitrogens with zero attached hydrogens (tertiary/aromatic N) is 1. The average molecular weight is 225 g/mol. The van der Waals surface area contributed by atoms with Gasteiger partial charge in [0.2, 0.25) is 0 Å². The molecule has 0 N–H and O–H groups in total. The summed E-state index contributed by atoms with van der Waals surface area (Å²) in [5.74, 6) is 0.827. The molecular weight excluding hydrogens is 202 g/mol. The summed E-state index contributed by atoms with van der Waals surface area (Å²) in [5.41, 5.74) is 0. The Morgan fingerprint density at radius 2 is 2.00 bits per heavy atom. The van der Waals surface area contributed by atoms with Crippen molar-refractivity contribution in [1.29, 1.82) is 0 Å². The van der Waals surface area contributed by atoms with Crippen LogP contribution in [-0.4, -0.2) is 43.5 Å². The number of ketones is 1. The van der Waals surface area contributed by atoms with Gasteiger partial charge in [0.15, 0.2) is 0 Å². The molecule has 3 nitrogen and oxygen atoms in total. The molecule has 1 saturated carbocycles. The molecule has 0 aromatic carbocycles. The smallest absolute Gasteiger partial charge is 0.137 e. The Hall–Kier alpha value is -0.410. The molecule has 1 unspecified atom stereocenters.